The van der Waals surface area contributed by atoms with Gasteiger partial charge in [0.05, 0.1) is 11.8 Å². The second-order valence-corrected chi connectivity index (χ2v) is 4.13. The average molecular weight is 219 g/mol. The number of phenols is 1. The molecular formula is C13H17NO2. The van der Waals surface area contributed by atoms with Gasteiger partial charge in [0.25, 0.3) is 0 Å². The molecule has 0 unspecified atom stereocenters. The second kappa shape index (κ2) is 5.12. The molecule has 1 aromatic carbocycles. The van der Waals surface area contributed by atoms with Gasteiger partial charge >= 0.3 is 0 Å². The molecule has 1 aliphatic carbocycles. The minimum Gasteiger partial charge on any atom is -0.508 e. The third-order valence-corrected chi connectivity index (χ3v) is 2.98. The predicted molar refractivity (Wildman–Crippen MR) is 64.5 cm³/mol. The van der Waals surface area contributed by atoms with Crippen LogP contribution in [0.25, 0.3) is 0 Å². The third kappa shape index (κ3) is 2.83. The zero-order valence-electron chi connectivity index (χ0n) is 9.52. The van der Waals surface area contributed by atoms with E-state index in [2.05, 4.69) is 4.99 Å². The lowest BCUT2D eigenvalue weighted by Crippen LogP contribution is -2.19. The van der Waals surface area contributed by atoms with Crippen molar-refractivity contribution >= 4 is 11.4 Å². The van der Waals surface area contributed by atoms with Crippen LogP contribution in [-0.4, -0.2) is 24.0 Å². The van der Waals surface area contributed by atoms with Crippen LogP contribution in [0.15, 0.2) is 29.3 Å². The molecule has 0 aromatic heterocycles. The van der Waals surface area contributed by atoms with Crippen LogP contribution in [0.4, 0.5) is 5.69 Å². The lowest BCUT2D eigenvalue weighted by molar-refractivity contribution is 0.0863. The summed E-state index contributed by atoms with van der Waals surface area (Å²) >= 11 is 0. The van der Waals surface area contributed by atoms with E-state index in [-0.39, 0.29) is 5.75 Å². The molecule has 0 saturated heterocycles. The van der Waals surface area contributed by atoms with Crippen molar-refractivity contribution in [3.8, 4) is 5.75 Å². The Labute approximate surface area is 95.8 Å². The Morgan fingerprint density at radius 2 is 1.81 bits per heavy atom. The van der Waals surface area contributed by atoms with Crippen molar-refractivity contribution in [2.24, 2.45) is 4.99 Å². The molecule has 1 aliphatic rings. The van der Waals surface area contributed by atoms with Gasteiger partial charge in [-0.25, -0.2) is 0 Å². The molecule has 86 valence electrons. The first-order valence-corrected chi connectivity index (χ1v) is 5.66. The molecule has 0 bridgehead atoms. The van der Waals surface area contributed by atoms with Crippen LogP contribution in [0.3, 0.4) is 0 Å². The van der Waals surface area contributed by atoms with Gasteiger partial charge in [0, 0.05) is 12.8 Å². The molecular weight excluding hydrogens is 202 g/mol. The fraction of sp³-hybridized carbons (Fsp3) is 0.462. The Hall–Kier alpha value is -1.35. The van der Waals surface area contributed by atoms with E-state index < -0.39 is 0 Å². The monoisotopic (exact) mass is 219 g/mol. The first-order chi connectivity index (χ1) is 7.78. The number of rotatable bonds is 2. The minimum atomic E-state index is 0.284. The van der Waals surface area contributed by atoms with Crippen LogP contribution in [0.2, 0.25) is 0 Å². The summed E-state index contributed by atoms with van der Waals surface area (Å²) in [6.45, 7) is 0. The van der Waals surface area contributed by atoms with E-state index in [0.717, 1.165) is 31.4 Å². The number of nitrogens with zero attached hydrogens (tertiary/aromatic N) is 1. The van der Waals surface area contributed by atoms with Crippen molar-refractivity contribution in [3.05, 3.63) is 24.3 Å². The Bertz CT molecular complexity index is 360. The highest BCUT2D eigenvalue weighted by molar-refractivity contribution is 5.87. The van der Waals surface area contributed by atoms with Crippen molar-refractivity contribution in [2.45, 2.75) is 31.8 Å². The number of aliphatic imine (C=N–C) groups is 1. The molecule has 1 saturated carbocycles. The summed E-state index contributed by atoms with van der Waals surface area (Å²) in [6, 6.07) is 7.01. The Morgan fingerprint density at radius 1 is 1.19 bits per heavy atom. The highest BCUT2D eigenvalue weighted by Crippen LogP contribution is 2.23. The van der Waals surface area contributed by atoms with Gasteiger partial charge in [-0.1, -0.05) is 0 Å². The summed E-state index contributed by atoms with van der Waals surface area (Å²) < 4.78 is 5.32. The number of hydrogen-bond acceptors (Lipinski definition) is 3. The third-order valence-electron chi connectivity index (χ3n) is 2.98. The van der Waals surface area contributed by atoms with E-state index in [4.69, 9.17) is 9.84 Å². The van der Waals surface area contributed by atoms with Crippen molar-refractivity contribution in [1.82, 2.24) is 0 Å². The van der Waals surface area contributed by atoms with Crippen molar-refractivity contribution in [3.63, 3.8) is 0 Å². The van der Waals surface area contributed by atoms with Crippen LogP contribution < -0.4 is 0 Å². The van der Waals surface area contributed by atoms with Crippen LogP contribution in [-0.2, 0) is 4.74 Å². The van der Waals surface area contributed by atoms with E-state index in [0.29, 0.717) is 6.10 Å². The summed E-state index contributed by atoms with van der Waals surface area (Å²) in [4.78, 5) is 4.58. The van der Waals surface area contributed by atoms with Crippen LogP contribution in [0.5, 0.6) is 5.75 Å². The molecule has 0 radical (unpaired) electrons. The van der Waals surface area contributed by atoms with Gasteiger partial charge in [-0.2, -0.15) is 0 Å². The summed E-state index contributed by atoms with van der Waals surface area (Å²) in [5, 5.41) is 9.16. The smallest absolute Gasteiger partial charge is 0.115 e. The fourth-order valence-corrected chi connectivity index (χ4v) is 1.98. The minimum absolute atomic E-state index is 0.284. The maximum atomic E-state index is 9.16. The number of ether oxygens (including phenoxy) is 1. The fourth-order valence-electron chi connectivity index (χ4n) is 1.98. The number of hydrogen-bond donors (Lipinski definition) is 1. The van der Waals surface area contributed by atoms with Crippen molar-refractivity contribution in [1.29, 1.82) is 0 Å². The molecule has 0 heterocycles. The number of phenolic OH excluding ortho intramolecular Hbond substituents is 1. The lowest BCUT2D eigenvalue weighted by atomic mass is 9.95. The quantitative estimate of drug-likeness (QED) is 0.830. The SMILES string of the molecule is COC1CCC(=Nc2ccc(O)cc2)CC1. The molecule has 0 amide bonds. The van der Waals surface area contributed by atoms with Gasteiger partial charge in [-0.3, -0.25) is 4.99 Å². The molecule has 16 heavy (non-hydrogen) atoms. The highest BCUT2D eigenvalue weighted by Gasteiger charge is 2.16. The van der Waals surface area contributed by atoms with Gasteiger partial charge < -0.3 is 9.84 Å². The normalized spacial score (nSPS) is 20.8. The second-order valence-electron chi connectivity index (χ2n) is 4.13. The van der Waals surface area contributed by atoms with Crippen LogP contribution >= 0.6 is 0 Å². The van der Waals surface area contributed by atoms with Crippen molar-refractivity contribution in [2.75, 3.05) is 7.11 Å². The first kappa shape index (κ1) is 11.1. The van der Waals surface area contributed by atoms with Gasteiger partial charge in [0.2, 0.25) is 0 Å². The highest BCUT2D eigenvalue weighted by atomic mass is 16.5. The molecule has 3 nitrogen and oxygen atoms in total. The molecule has 0 atom stereocenters. The van der Waals surface area contributed by atoms with Gasteiger partial charge in [0.15, 0.2) is 0 Å². The van der Waals surface area contributed by atoms with Gasteiger partial charge in [0.1, 0.15) is 5.75 Å². The maximum Gasteiger partial charge on any atom is 0.115 e. The Morgan fingerprint density at radius 3 is 2.38 bits per heavy atom. The maximum absolute atomic E-state index is 9.16. The molecule has 1 fully saturated rings. The van der Waals surface area contributed by atoms with E-state index >= 15 is 0 Å². The average Bonchev–Trinajstić information content (AvgIpc) is 2.33. The zero-order valence-corrected chi connectivity index (χ0v) is 9.52. The molecule has 3 heteroatoms. The van der Waals surface area contributed by atoms with E-state index in [1.807, 2.05) is 12.1 Å². The number of benzene rings is 1. The van der Waals surface area contributed by atoms with E-state index in [9.17, 15) is 0 Å². The van der Waals surface area contributed by atoms with E-state index in [1.165, 1.54) is 5.71 Å². The van der Waals surface area contributed by atoms with Crippen molar-refractivity contribution < 1.29 is 9.84 Å². The molecule has 0 aliphatic heterocycles. The lowest BCUT2D eigenvalue weighted by Gasteiger charge is -2.21. The molecule has 2 rings (SSSR count). The summed E-state index contributed by atoms with van der Waals surface area (Å²) in [5.74, 6) is 0.284. The summed E-state index contributed by atoms with van der Waals surface area (Å²) in [5.41, 5.74) is 2.16. The molecule has 0 spiro atoms. The largest absolute Gasteiger partial charge is 0.508 e. The van der Waals surface area contributed by atoms with Crippen LogP contribution in [0, 0.1) is 0 Å². The topological polar surface area (TPSA) is 41.8 Å². The van der Waals surface area contributed by atoms with E-state index in [1.54, 1.807) is 19.2 Å². The standard InChI is InChI=1S/C13H17NO2/c1-16-13-8-4-11(5-9-13)14-10-2-6-12(15)7-3-10/h2-3,6-7,13,15H,4-5,8-9H2,1H3. The summed E-state index contributed by atoms with van der Waals surface area (Å²) in [6.07, 6.45) is 4.55. The molecule has 1 aromatic rings. The Balaban J connectivity index is 2.00. The van der Waals surface area contributed by atoms with Crippen LogP contribution in [0.1, 0.15) is 25.7 Å². The van der Waals surface area contributed by atoms with Gasteiger partial charge in [-0.05, 0) is 49.9 Å². The molecule has 1 N–H and O–H groups in total. The number of aromatic hydroxyl groups is 1. The predicted octanol–water partition coefficient (Wildman–Crippen LogP) is 3.05. The number of methoxy groups -OCH3 is 1. The summed E-state index contributed by atoms with van der Waals surface area (Å²) in [7, 11) is 1.77. The van der Waals surface area contributed by atoms with Gasteiger partial charge in [-0.15, -0.1) is 0 Å². The Kier molecular flexibility index (Phi) is 3.57. The zero-order chi connectivity index (χ0) is 11.4. The first-order valence-electron chi connectivity index (χ1n) is 5.66.